The average Bonchev–Trinajstić information content (AvgIpc) is 3.10. The second kappa shape index (κ2) is 17.3. The van der Waals surface area contributed by atoms with Crippen LogP contribution in [-0.2, 0) is 24.0 Å². The highest BCUT2D eigenvalue weighted by Gasteiger charge is 2.59. The number of nitrogens with one attached hydrogen (secondary N) is 4. The molecule has 2 saturated carbocycles. The zero-order valence-corrected chi connectivity index (χ0v) is 29.9. The van der Waals surface area contributed by atoms with Gasteiger partial charge in [-0.2, -0.15) is 0 Å². The Morgan fingerprint density at radius 2 is 1.64 bits per heavy atom. The number of halogens is 1. The summed E-state index contributed by atoms with van der Waals surface area (Å²) in [5.74, 6) is -3.93. The summed E-state index contributed by atoms with van der Waals surface area (Å²) in [5.41, 5.74) is -1.18. The minimum atomic E-state index is -1.13. The third-order valence-corrected chi connectivity index (χ3v) is 10.5. The maximum absolute atomic E-state index is 14.5. The van der Waals surface area contributed by atoms with Gasteiger partial charge in [0, 0.05) is 30.9 Å². The summed E-state index contributed by atoms with van der Waals surface area (Å²) in [6.07, 6.45) is 13.5. The Labute approximate surface area is 294 Å². The molecule has 50 heavy (non-hydrogen) atoms. The van der Waals surface area contributed by atoms with Crippen LogP contribution in [0.25, 0.3) is 0 Å². The Hall–Kier alpha value is -3.97. The predicted molar refractivity (Wildman–Crippen MR) is 183 cm³/mol. The summed E-state index contributed by atoms with van der Waals surface area (Å²) in [6, 6.07) is -3.97. The second-order valence-electron chi connectivity index (χ2n) is 15.2. The Morgan fingerprint density at radius 1 is 0.960 bits per heavy atom. The van der Waals surface area contributed by atoms with Crippen LogP contribution in [0.5, 0.6) is 0 Å². The lowest BCUT2D eigenvalue weighted by Gasteiger charge is -2.59. The number of carbonyl (C=O) groups excluding carboxylic acids is 6. The lowest BCUT2D eigenvalue weighted by molar-refractivity contribution is -0.173. The number of carbonyl (C=O) groups is 6. The fraction of sp³-hybridized carbons (Fsp3) is 0.722. The van der Waals surface area contributed by atoms with Crippen LogP contribution in [0.1, 0.15) is 115 Å². The van der Waals surface area contributed by atoms with Crippen LogP contribution in [-0.4, -0.2) is 94.1 Å². The number of likely N-dealkylation sites (tertiary alicyclic amines) is 1. The quantitative estimate of drug-likeness (QED) is 0.214. The number of amides is 5. The van der Waals surface area contributed by atoms with Crippen molar-refractivity contribution in [2.75, 3.05) is 19.8 Å². The third-order valence-electron chi connectivity index (χ3n) is 10.5. The Kier molecular flexibility index (Phi) is 13.4. The summed E-state index contributed by atoms with van der Waals surface area (Å²) in [4.78, 5) is 90.9. The van der Waals surface area contributed by atoms with E-state index in [1.54, 1.807) is 0 Å². The van der Waals surface area contributed by atoms with Crippen molar-refractivity contribution >= 4 is 35.3 Å². The van der Waals surface area contributed by atoms with Crippen molar-refractivity contribution in [2.45, 2.75) is 129 Å². The van der Waals surface area contributed by atoms with Gasteiger partial charge in [0.1, 0.15) is 30.5 Å². The largest absolute Gasteiger partial charge is 0.347 e. The standard InChI is InChI=1S/C36H54FN7O6/c1-5-12-24(27(45)32(48)40-18-17-37)41-33(49)29-36(15-10-7-11-16-36)22-44(29)34(50)28(35(2,3)4)43-31(47)26(23-13-8-6-9-14-23)42-30(46)25-21-38-19-20-39-25/h19-21,23-24,26,28-29H,5-18,22H2,1-4H3,(H,40,48)(H,41,49)(H,42,46)(H,43,47)/t24?,26-,28+,29?/m0/s1. The normalized spacial score (nSPS) is 20.8. The summed E-state index contributed by atoms with van der Waals surface area (Å²) in [7, 11) is 0. The van der Waals surface area contributed by atoms with Crippen molar-refractivity contribution in [1.82, 2.24) is 36.1 Å². The fourth-order valence-corrected chi connectivity index (χ4v) is 7.80. The van der Waals surface area contributed by atoms with E-state index < -0.39 is 77.0 Å². The number of rotatable bonds is 14. The first-order valence-electron chi connectivity index (χ1n) is 18.2. The number of nitrogens with zero attached hydrogens (tertiary/aromatic N) is 3. The van der Waals surface area contributed by atoms with E-state index in [9.17, 15) is 33.2 Å². The molecule has 3 fully saturated rings. The van der Waals surface area contributed by atoms with Gasteiger partial charge in [0.25, 0.3) is 11.8 Å². The predicted octanol–water partition coefficient (Wildman–Crippen LogP) is 2.79. The number of aromatic nitrogens is 2. The van der Waals surface area contributed by atoms with Gasteiger partial charge in [0.15, 0.2) is 0 Å². The van der Waals surface area contributed by atoms with E-state index >= 15 is 0 Å². The maximum atomic E-state index is 14.5. The molecule has 1 aromatic heterocycles. The van der Waals surface area contributed by atoms with Crippen molar-refractivity contribution in [2.24, 2.45) is 16.7 Å². The Bertz CT molecular complexity index is 1370. The van der Waals surface area contributed by atoms with E-state index in [1.807, 2.05) is 27.7 Å². The van der Waals surface area contributed by atoms with Gasteiger partial charge in [0.05, 0.1) is 12.2 Å². The topological polar surface area (TPSA) is 180 Å². The van der Waals surface area contributed by atoms with Crippen LogP contribution in [0.4, 0.5) is 4.39 Å². The highest BCUT2D eigenvalue weighted by molar-refractivity contribution is 6.38. The molecule has 5 amide bonds. The Morgan fingerprint density at radius 3 is 2.24 bits per heavy atom. The van der Waals surface area contributed by atoms with E-state index in [-0.39, 0.29) is 24.6 Å². The number of alkyl halides is 1. The summed E-state index contributed by atoms with van der Waals surface area (Å²) >= 11 is 0. The molecule has 13 nitrogen and oxygen atoms in total. The molecular weight excluding hydrogens is 645 g/mol. The highest BCUT2D eigenvalue weighted by atomic mass is 19.1. The monoisotopic (exact) mass is 699 g/mol. The SMILES string of the molecule is CCCC(NC(=O)C1N(C(=O)[C@@H](NC(=O)[C@@H](NC(=O)c2cnccn2)C2CCCCC2)C(C)(C)C)CC12CCCCC2)C(=O)C(=O)NCCF. The van der Waals surface area contributed by atoms with E-state index in [0.29, 0.717) is 13.0 Å². The van der Waals surface area contributed by atoms with Crippen LogP contribution >= 0.6 is 0 Å². The average molecular weight is 700 g/mol. The van der Waals surface area contributed by atoms with Gasteiger partial charge in [-0.1, -0.05) is 72.6 Å². The molecule has 1 aromatic rings. The second-order valence-corrected chi connectivity index (χ2v) is 15.2. The smallest absolute Gasteiger partial charge is 0.289 e. The minimum Gasteiger partial charge on any atom is -0.347 e. The molecule has 1 saturated heterocycles. The van der Waals surface area contributed by atoms with Gasteiger partial charge in [-0.05, 0) is 43.4 Å². The molecule has 4 N–H and O–H groups in total. The number of hydrogen-bond acceptors (Lipinski definition) is 8. The summed E-state index contributed by atoms with van der Waals surface area (Å²) in [5, 5.41) is 10.8. The molecule has 14 heteroatoms. The fourth-order valence-electron chi connectivity index (χ4n) is 7.80. The van der Waals surface area contributed by atoms with Crippen molar-refractivity contribution < 1.29 is 33.2 Å². The first kappa shape index (κ1) is 38.8. The van der Waals surface area contributed by atoms with Gasteiger partial charge in [-0.3, -0.25) is 33.8 Å². The zero-order valence-electron chi connectivity index (χ0n) is 29.9. The van der Waals surface area contributed by atoms with Crippen molar-refractivity contribution in [3.05, 3.63) is 24.3 Å². The molecule has 2 unspecified atom stereocenters. The lowest BCUT2D eigenvalue weighted by Crippen LogP contribution is -2.75. The van der Waals surface area contributed by atoms with Crippen LogP contribution < -0.4 is 21.3 Å². The van der Waals surface area contributed by atoms with Crippen molar-refractivity contribution in [3.8, 4) is 0 Å². The van der Waals surface area contributed by atoms with Gasteiger partial charge in [0.2, 0.25) is 23.5 Å². The third kappa shape index (κ3) is 9.22. The number of ketones is 1. The van der Waals surface area contributed by atoms with Crippen LogP contribution in [0.15, 0.2) is 18.6 Å². The van der Waals surface area contributed by atoms with Crippen LogP contribution in [0.2, 0.25) is 0 Å². The van der Waals surface area contributed by atoms with Crippen LogP contribution in [0.3, 0.4) is 0 Å². The molecular formula is C36H54FN7O6. The van der Waals surface area contributed by atoms with Gasteiger partial charge >= 0.3 is 0 Å². The number of Topliss-reactive ketones (excluding diaryl/α,β-unsaturated/α-hetero) is 1. The van der Waals surface area contributed by atoms with E-state index in [4.69, 9.17) is 0 Å². The molecule has 2 aliphatic carbocycles. The van der Waals surface area contributed by atoms with Gasteiger partial charge < -0.3 is 26.2 Å². The van der Waals surface area contributed by atoms with Gasteiger partial charge in [-0.25, -0.2) is 9.37 Å². The molecule has 0 aromatic carbocycles. The summed E-state index contributed by atoms with van der Waals surface area (Å²) in [6.45, 7) is 6.51. The molecule has 1 spiro atoms. The van der Waals surface area contributed by atoms with Crippen LogP contribution in [0, 0.1) is 16.7 Å². The van der Waals surface area contributed by atoms with Crippen molar-refractivity contribution in [3.63, 3.8) is 0 Å². The summed E-state index contributed by atoms with van der Waals surface area (Å²) < 4.78 is 12.7. The molecule has 1 aliphatic heterocycles. The maximum Gasteiger partial charge on any atom is 0.289 e. The number of hydrogen-bond donors (Lipinski definition) is 4. The Balaban J connectivity index is 1.58. The molecule has 0 bridgehead atoms. The zero-order chi connectivity index (χ0) is 36.5. The van der Waals surface area contributed by atoms with E-state index in [0.717, 1.165) is 64.2 Å². The van der Waals surface area contributed by atoms with Crippen molar-refractivity contribution in [1.29, 1.82) is 0 Å². The van der Waals surface area contributed by atoms with Gasteiger partial charge in [-0.15, -0.1) is 0 Å². The highest BCUT2D eigenvalue weighted by Crippen LogP contribution is 2.50. The minimum absolute atomic E-state index is 0.0801. The van der Waals surface area contributed by atoms with E-state index in [1.165, 1.54) is 23.5 Å². The first-order valence-corrected chi connectivity index (χ1v) is 18.2. The molecule has 0 radical (unpaired) electrons. The molecule has 2 heterocycles. The van der Waals surface area contributed by atoms with E-state index in [2.05, 4.69) is 31.2 Å². The molecule has 276 valence electrons. The first-order chi connectivity index (χ1) is 23.8. The lowest BCUT2D eigenvalue weighted by atomic mass is 9.62. The molecule has 3 aliphatic rings. The molecule has 4 atom stereocenters. The molecule has 4 rings (SSSR count).